The van der Waals surface area contributed by atoms with Crippen LogP contribution in [-0.4, -0.2) is 46.0 Å². The van der Waals surface area contributed by atoms with Crippen LogP contribution in [0, 0.1) is 12.8 Å². The number of hydrogen-bond acceptors (Lipinski definition) is 6. The van der Waals surface area contributed by atoms with Gasteiger partial charge in [-0.25, -0.2) is 0 Å². The molecule has 0 N–H and O–H groups in total. The molecule has 3 aromatic rings. The van der Waals surface area contributed by atoms with Crippen LogP contribution in [0.3, 0.4) is 0 Å². The lowest BCUT2D eigenvalue weighted by Crippen LogP contribution is -2.43. The Balaban J connectivity index is 1.34. The molecule has 0 bridgehead atoms. The molecule has 1 saturated heterocycles. The third-order valence-electron chi connectivity index (χ3n) is 5.34. The fourth-order valence-electron chi connectivity index (χ4n) is 3.77. The van der Waals surface area contributed by atoms with E-state index in [-0.39, 0.29) is 11.8 Å². The topological polar surface area (TPSA) is 62.5 Å². The lowest BCUT2D eigenvalue weighted by atomic mass is 9.96. The van der Waals surface area contributed by atoms with E-state index in [1.807, 2.05) is 29.5 Å². The van der Waals surface area contributed by atoms with Gasteiger partial charge in [0, 0.05) is 20.1 Å². The predicted octanol–water partition coefficient (Wildman–Crippen LogP) is 3.98. The number of benzene rings is 1. The van der Waals surface area contributed by atoms with Crippen molar-refractivity contribution in [1.82, 2.24) is 19.9 Å². The SMILES string of the molecule is Cc1ccc(CN(C)C(=O)C2CCCN(Cc3nc(-c4cccs4)no3)C2)cc1. The van der Waals surface area contributed by atoms with Gasteiger partial charge in [-0.05, 0) is 43.3 Å². The van der Waals surface area contributed by atoms with Crippen molar-refractivity contribution >= 4 is 17.2 Å². The van der Waals surface area contributed by atoms with Gasteiger partial charge in [0.1, 0.15) is 0 Å². The summed E-state index contributed by atoms with van der Waals surface area (Å²) in [6.45, 7) is 4.98. The number of carbonyl (C=O) groups is 1. The Morgan fingerprint density at radius 2 is 2.14 bits per heavy atom. The Morgan fingerprint density at radius 1 is 1.31 bits per heavy atom. The maximum atomic E-state index is 13.0. The number of thiophene rings is 1. The van der Waals surface area contributed by atoms with Crippen LogP contribution < -0.4 is 0 Å². The van der Waals surface area contributed by atoms with Crippen LogP contribution in [0.25, 0.3) is 10.7 Å². The number of nitrogens with zero attached hydrogens (tertiary/aromatic N) is 4. The Morgan fingerprint density at radius 3 is 2.90 bits per heavy atom. The molecule has 1 aliphatic heterocycles. The average molecular weight is 411 g/mol. The van der Waals surface area contributed by atoms with Crippen molar-refractivity contribution in [2.45, 2.75) is 32.9 Å². The molecule has 7 heteroatoms. The number of aryl methyl sites for hydroxylation is 1. The summed E-state index contributed by atoms with van der Waals surface area (Å²) in [5.74, 6) is 1.46. The van der Waals surface area contributed by atoms with Crippen LogP contribution in [0.2, 0.25) is 0 Å². The third kappa shape index (κ3) is 4.92. The molecule has 1 unspecified atom stereocenters. The Hall–Kier alpha value is -2.51. The highest BCUT2D eigenvalue weighted by Gasteiger charge is 2.29. The van der Waals surface area contributed by atoms with Crippen LogP contribution in [0.5, 0.6) is 0 Å². The predicted molar refractivity (Wildman–Crippen MR) is 113 cm³/mol. The highest BCUT2D eigenvalue weighted by molar-refractivity contribution is 7.13. The highest BCUT2D eigenvalue weighted by atomic mass is 32.1. The van der Waals surface area contributed by atoms with E-state index in [9.17, 15) is 4.79 Å². The van der Waals surface area contributed by atoms with Gasteiger partial charge in [-0.3, -0.25) is 9.69 Å². The zero-order valence-corrected chi connectivity index (χ0v) is 17.7. The number of hydrogen-bond donors (Lipinski definition) is 0. The summed E-state index contributed by atoms with van der Waals surface area (Å²) in [4.78, 5) is 22.6. The summed E-state index contributed by atoms with van der Waals surface area (Å²) in [6.07, 6.45) is 1.93. The molecule has 0 spiro atoms. The zero-order valence-electron chi connectivity index (χ0n) is 16.9. The fraction of sp³-hybridized carbons (Fsp3) is 0.409. The molecular weight excluding hydrogens is 384 g/mol. The van der Waals surface area contributed by atoms with Crippen molar-refractivity contribution in [1.29, 1.82) is 0 Å². The van der Waals surface area contributed by atoms with Gasteiger partial charge in [0.25, 0.3) is 0 Å². The molecule has 1 aliphatic rings. The molecule has 0 saturated carbocycles. The van der Waals surface area contributed by atoms with E-state index in [4.69, 9.17) is 4.52 Å². The van der Waals surface area contributed by atoms with Gasteiger partial charge >= 0.3 is 0 Å². The fourth-order valence-corrected chi connectivity index (χ4v) is 4.42. The Kier molecular flexibility index (Phi) is 6.06. The second kappa shape index (κ2) is 8.88. The van der Waals surface area contributed by atoms with Crippen molar-refractivity contribution in [2.75, 3.05) is 20.1 Å². The maximum Gasteiger partial charge on any atom is 0.241 e. The standard InChI is InChI=1S/C22H26N4O2S/c1-16-7-9-17(10-8-16)13-25(2)22(27)18-5-3-11-26(14-18)15-20-23-21(24-28-20)19-6-4-12-29-19/h4,6-10,12,18H,3,5,11,13-15H2,1-2H3. The van der Waals surface area contributed by atoms with Crippen LogP contribution in [0.1, 0.15) is 29.9 Å². The van der Waals surface area contributed by atoms with E-state index in [1.165, 1.54) is 5.56 Å². The first-order chi connectivity index (χ1) is 14.1. The largest absolute Gasteiger partial charge is 0.341 e. The van der Waals surface area contributed by atoms with E-state index >= 15 is 0 Å². The number of rotatable bonds is 6. The van der Waals surface area contributed by atoms with Crippen LogP contribution in [0.15, 0.2) is 46.3 Å². The Bertz CT molecular complexity index is 936. The van der Waals surface area contributed by atoms with Gasteiger partial charge in [0.15, 0.2) is 0 Å². The Labute approximate surface area is 175 Å². The molecule has 0 radical (unpaired) electrons. The van der Waals surface area contributed by atoms with E-state index in [0.717, 1.165) is 36.4 Å². The molecule has 1 atom stereocenters. The molecule has 3 heterocycles. The van der Waals surface area contributed by atoms with E-state index < -0.39 is 0 Å². The van der Waals surface area contributed by atoms with E-state index in [0.29, 0.717) is 24.8 Å². The number of likely N-dealkylation sites (tertiary alicyclic amines) is 1. The smallest absolute Gasteiger partial charge is 0.241 e. The lowest BCUT2D eigenvalue weighted by molar-refractivity contribution is -0.136. The maximum absolute atomic E-state index is 13.0. The quantitative estimate of drug-likeness (QED) is 0.615. The van der Waals surface area contributed by atoms with Gasteiger partial charge in [0.05, 0.1) is 17.3 Å². The first kappa shape index (κ1) is 19.8. The summed E-state index contributed by atoms with van der Waals surface area (Å²) in [5.41, 5.74) is 2.39. The second-order valence-electron chi connectivity index (χ2n) is 7.74. The molecule has 1 fully saturated rings. The van der Waals surface area contributed by atoms with Crippen LogP contribution in [-0.2, 0) is 17.9 Å². The van der Waals surface area contributed by atoms with Crippen molar-refractivity contribution in [3.05, 3.63) is 58.8 Å². The number of carbonyl (C=O) groups excluding carboxylic acids is 1. The van der Waals surface area contributed by atoms with Crippen molar-refractivity contribution in [3.63, 3.8) is 0 Å². The van der Waals surface area contributed by atoms with Gasteiger partial charge < -0.3 is 9.42 Å². The second-order valence-corrected chi connectivity index (χ2v) is 8.69. The molecule has 4 rings (SSSR count). The van der Waals surface area contributed by atoms with Crippen LogP contribution >= 0.6 is 11.3 Å². The van der Waals surface area contributed by atoms with Gasteiger partial charge in [0.2, 0.25) is 17.6 Å². The lowest BCUT2D eigenvalue weighted by Gasteiger charge is -2.33. The molecular formula is C22H26N4O2S. The minimum atomic E-state index is 0.0129. The minimum absolute atomic E-state index is 0.0129. The molecule has 2 aromatic heterocycles. The molecule has 152 valence electrons. The number of amides is 1. The molecule has 1 amide bonds. The van der Waals surface area contributed by atoms with E-state index in [1.54, 1.807) is 11.3 Å². The number of aromatic nitrogens is 2. The van der Waals surface area contributed by atoms with Crippen molar-refractivity contribution in [3.8, 4) is 10.7 Å². The van der Waals surface area contributed by atoms with Crippen molar-refractivity contribution in [2.24, 2.45) is 5.92 Å². The summed E-state index contributed by atoms with van der Waals surface area (Å²) in [5, 5.41) is 6.08. The normalized spacial score (nSPS) is 17.4. The molecule has 6 nitrogen and oxygen atoms in total. The van der Waals surface area contributed by atoms with Gasteiger partial charge in [-0.1, -0.05) is 41.1 Å². The molecule has 0 aliphatic carbocycles. The van der Waals surface area contributed by atoms with Gasteiger partial charge in [-0.2, -0.15) is 4.98 Å². The first-order valence-electron chi connectivity index (χ1n) is 9.98. The van der Waals surface area contributed by atoms with Crippen molar-refractivity contribution < 1.29 is 9.32 Å². The summed E-state index contributed by atoms with van der Waals surface area (Å²) < 4.78 is 5.43. The average Bonchev–Trinajstić information content (AvgIpc) is 3.41. The molecule has 1 aromatic carbocycles. The third-order valence-corrected chi connectivity index (χ3v) is 6.21. The summed E-state index contributed by atoms with van der Waals surface area (Å²) in [6, 6.07) is 12.3. The summed E-state index contributed by atoms with van der Waals surface area (Å²) >= 11 is 1.60. The zero-order chi connectivity index (χ0) is 20.2. The number of piperidine rings is 1. The monoisotopic (exact) mass is 410 g/mol. The summed E-state index contributed by atoms with van der Waals surface area (Å²) in [7, 11) is 1.90. The minimum Gasteiger partial charge on any atom is -0.341 e. The molecule has 29 heavy (non-hydrogen) atoms. The van der Waals surface area contributed by atoms with Crippen LogP contribution in [0.4, 0.5) is 0 Å². The highest BCUT2D eigenvalue weighted by Crippen LogP contribution is 2.24. The first-order valence-corrected chi connectivity index (χ1v) is 10.9. The van der Waals surface area contributed by atoms with E-state index in [2.05, 4.69) is 46.2 Å². The van der Waals surface area contributed by atoms with Gasteiger partial charge in [-0.15, -0.1) is 11.3 Å².